The highest BCUT2D eigenvalue weighted by atomic mass is 32.1. The van der Waals surface area contributed by atoms with Crippen LogP contribution in [0.4, 0.5) is 13.2 Å². The molecule has 1 rings (SSSR count). The Hall–Kier alpha value is -0.620. The Kier molecular flexibility index (Phi) is 4.73. The van der Waals surface area contributed by atoms with Crippen molar-refractivity contribution >= 4 is 11.3 Å². The molecule has 6 heteroatoms. The van der Waals surface area contributed by atoms with E-state index in [2.05, 4.69) is 10.3 Å². The van der Waals surface area contributed by atoms with Crippen LogP contribution in [0.25, 0.3) is 0 Å². The average Bonchev–Trinajstić information content (AvgIpc) is 2.68. The molecular formula is C10H15F3N2S. The second-order valence-electron chi connectivity index (χ2n) is 3.48. The summed E-state index contributed by atoms with van der Waals surface area (Å²) in [7, 11) is 0. The van der Waals surface area contributed by atoms with Crippen molar-refractivity contribution in [1.29, 1.82) is 0 Å². The lowest BCUT2D eigenvalue weighted by molar-refractivity contribution is -0.137. The Labute approximate surface area is 96.9 Å². The SMILES string of the molecule is CCCNC(CC)c1cnc(C(F)(F)F)s1. The predicted molar refractivity (Wildman–Crippen MR) is 58.4 cm³/mol. The molecule has 0 amide bonds. The van der Waals surface area contributed by atoms with Gasteiger partial charge in [-0.3, -0.25) is 0 Å². The van der Waals surface area contributed by atoms with Crippen molar-refractivity contribution in [1.82, 2.24) is 10.3 Å². The first-order valence-electron chi connectivity index (χ1n) is 5.25. The molecule has 2 nitrogen and oxygen atoms in total. The van der Waals surface area contributed by atoms with Crippen molar-refractivity contribution in [3.63, 3.8) is 0 Å². The number of alkyl halides is 3. The van der Waals surface area contributed by atoms with E-state index in [1.807, 2.05) is 13.8 Å². The first-order chi connectivity index (χ1) is 7.49. The second kappa shape index (κ2) is 5.63. The van der Waals surface area contributed by atoms with Gasteiger partial charge in [0.2, 0.25) is 0 Å². The van der Waals surface area contributed by atoms with Gasteiger partial charge in [0.15, 0.2) is 5.01 Å². The molecule has 0 aliphatic carbocycles. The van der Waals surface area contributed by atoms with Gasteiger partial charge in [-0.25, -0.2) is 4.98 Å². The minimum Gasteiger partial charge on any atom is -0.309 e. The third-order valence-corrected chi connectivity index (χ3v) is 3.31. The molecule has 1 atom stereocenters. The highest BCUT2D eigenvalue weighted by Gasteiger charge is 2.35. The van der Waals surface area contributed by atoms with E-state index in [1.54, 1.807) is 0 Å². The van der Waals surface area contributed by atoms with E-state index < -0.39 is 11.2 Å². The minimum atomic E-state index is -4.33. The van der Waals surface area contributed by atoms with Crippen LogP contribution in [0.5, 0.6) is 0 Å². The number of nitrogens with one attached hydrogen (secondary N) is 1. The van der Waals surface area contributed by atoms with Gasteiger partial charge in [-0.15, -0.1) is 11.3 Å². The molecule has 0 spiro atoms. The van der Waals surface area contributed by atoms with Crippen molar-refractivity contribution < 1.29 is 13.2 Å². The smallest absolute Gasteiger partial charge is 0.309 e. The van der Waals surface area contributed by atoms with E-state index >= 15 is 0 Å². The van der Waals surface area contributed by atoms with E-state index in [0.717, 1.165) is 30.7 Å². The summed E-state index contributed by atoms with van der Waals surface area (Å²) in [6.07, 6.45) is -1.28. The summed E-state index contributed by atoms with van der Waals surface area (Å²) in [6.45, 7) is 4.77. The number of nitrogens with zero attached hydrogens (tertiary/aromatic N) is 1. The standard InChI is InChI=1S/C10H15F3N2S/c1-3-5-14-7(4-2)8-6-15-9(16-8)10(11,12)13/h6-7,14H,3-5H2,1-2H3. The number of halogens is 3. The molecular weight excluding hydrogens is 237 g/mol. The minimum absolute atomic E-state index is 0.0199. The Morgan fingerprint density at radius 1 is 1.44 bits per heavy atom. The summed E-state index contributed by atoms with van der Waals surface area (Å²) in [6, 6.07) is -0.0199. The summed E-state index contributed by atoms with van der Waals surface area (Å²) in [5.74, 6) is 0. The maximum absolute atomic E-state index is 12.3. The van der Waals surface area contributed by atoms with E-state index in [1.165, 1.54) is 6.20 Å². The molecule has 0 saturated carbocycles. The molecule has 16 heavy (non-hydrogen) atoms. The first kappa shape index (κ1) is 13.4. The molecule has 92 valence electrons. The summed E-state index contributed by atoms with van der Waals surface area (Å²) in [5.41, 5.74) is 0. The zero-order valence-electron chi connectivity index (χ0n) is 9.27. The molecule has 0 aliphatic rings. The third kappa shape index (κ3) is 3.45. The fraction of sp³-hybridized carbons (Fsp3) is 0.700. The largest absolute Gasteiger partial charge is 0.443 e. The van der Waals surface area contributed by atoms with Crippen molar-refractivity contribution in [2.75, 3.05) is 6.54 Å². The normalized spacial score (nSPS) is 14.1. The van der Waals surface area contributed by atoms with Crippen LogP contribution < -0.4 is 5.32 Å². The molecule has 0 radical (unpaired) electrons. The number of hydrogen-bond donors (Lipinski definition) is 1. The lowest BCUT2D eigenvalue weighted by atomic mass is 10.2. The van der Waals surface area contributed by atoms with Crippen LogP contribution in [-0.4, -0.2) is 11.5 Å². The monoisotopic (exact) mass is 252 g/mol. The lowest BCUT2D eigenvalue weighted by Crippen LogP contribution is -2.20. The molecule has 1 heterocycles. The van der Waals surface area contributed by atoms with Gasteiger partial charge >= 0.3 is 6.18 Å². The van der Waals surface area contributed by atoms with Crippen LogP contribution in [0.1, 0.15) is 42.6 Å². The summed E-state index contributed by atoms with van der Waals surface area (Å²) < 4.78 is 37.0. The summed E-state index contributed by atoms with van der Waals surface area (Å²) >= 11 is 0.724. The Morgan fingerprint density at radius 3 is 2.56 bits per heavy atom. The molecule has 1 unspecified atom stereocenters. The topological polar surface area (TPSA) is 24.9 Å². The average molecular weight is 252 g/mol. The van der Waals surface area contributed by atoms with Gasteiger partial charge in [-0.05, 0) is 19.4 Å². The van der Waals surface area contributed by atoms with Gasteiger partial charge in [0.05, 0.1) is 0 Å². The summed E-state index contributed by atoms with van der Waals surface area (Å²) in [5, 5.41) is 2.44. The van der Waals surface area contributed by atoms with E-state index in [0.29, 0.717) is 4.88 Å². The van der Waals surface area contributed by atoms with Crippen LogP contribution in [0.15, 0.2) is 6.20 Å². The van der Waals surface area contributed by atoms with E-state index in [4.69, 9.17) is 0 Å². The first-order valence-corrected chi connectivity index (χ1v) is 6.07. The fourth-order valence-electron chi connectivity index (χ4n) is 1.34. The number of thiazole rings is 1. The van der Waals surface area contributed by atoms with Crippen LogP contribution in [0, 0.1) is 0 Å². The predicted octanol–water partition coefficient (Wildman–Crippen LogP) is 3.61. The highest BCUT2D eigenvalue weighted by Crippen LogP contribution is 2.34. The molecule has 0 aliphatic heterocycles. The molecule has 1 aromatic rings. The van der Waals surface area contributed by atoms with E-state index in [-0.39, 0.29) is 6.04 Å². The van der Waals surface area contributed by atoms with Gasteiger partial charge in [0, 0.05) is 17.1 Å². The third-order valence-electron chi connectivity index (χ3n) is 2.16. The van der Waals surface area contributed by atoms with Crippen molar-refractivity contribution in [2.24, 2.45) is 0 Å². The molecule has 0 fully saturated rings. The van der Waals surface area contributed by atoms with Crippen LogP contribution in [-0.2, 0) is 6.18 Å². The van der Waals surface area contributed by atoms with Crippen LogP contribution in [0.2, 0.25) is 0 Å². The highest BCUT2D eigenvalue weighted by molar-refractivity contribution is 7.11. The zero-order valence-corrected chi connectivity index (χ0v) is 10.1. The van der Waals surface area contributed by atoms with Crippen molar-refractivity contribution in [3.05, 3.63) is 16.1 Å². The number of hydrogen-bond acceptors (Lipinski definition) is 3. The van der Waals surface area contributed by atoms with Crippen LogP contribution >= 0.6 is 11.3 Å². The van der Waals surface area contributed by atoms with Gasteiger partial charge in [0.1, 0.15) is 0 Å². The molecule has 0 saturated heterocycles. The Balaban J connectivity index is 2.75. The maximum Gasteiger partial charge on any atom is 0.443 e. The van der Waals surface area contributed by atoms with Gasteiger partial charge in [-0.2, -0.15) is 13.2 Å². The Bertz CT molecular complexity index is 322. The van der Waals surface area contributed by atoms with Crippen molar-refractivity contribution in [2.45, 2.75) is 38.9 Å². The zero-order chi connectivity index (χ0) is 12.2. The Morgan fingerprint density at radius 2 is 2.12 bits per heavy atom. The van der Waals surface area contributed by atoms with Crippen LogP contribution in [0.3, 0.4) is 0 Å². The summed E-state index contributed by atoms with van der Waals surface area (Å²) in [4.78, 5) is 4.07. The number of aromatic nitrogens is 1. The lowest BCUT2D eigenvalue weighted by Gasteiger charge is -2.13. The molecule has 0 aromatic carbocycles. The van der Waals surface area contributed by atoms with Crippen molar-refractivity contribution in [3.8, 4) is 0 Å². The fourth-order valence-corrected chi connectivity index (χ4v) is 2.29. The molecule has 1 aromatic heterocycles. The van der Waals surface area contributed by atoms with Gasteiger partial charge < -0.3 is 5.32 Å². The molecule has 0 bridgehead atoms. The second-order valence-corrected chi connectivity index (χ2v) is 4.54. The van der Waals surface area contributed by atoms with E-state index in [9.17, 15) is 13.2 Å². The molecule has 1 N–H and O–H groups in total. The maximum atomic E-state index is 12.3. The van der Waals surface area contributed by atoms with Gasteiger partial charge in [0.25, 0.3) is 0 Å². The number of rotatable bonds is 5. The quantitative estimate of drug-likeness (QED) is 0.865. The van der Waals surface area contributed by atoms with Gasteiger partial charge in [-0.1, -0.05) is 13.8 Å².